The lowest BCUT2D eigenvalue weighted by atomic mass is 9.98. The zero-order valence-electron chi connectivity index (χ0n) is 16.3. The summed E-state index contributed by atoms with van der Waals surface area (Å²) in [5, 5.41) is 11.5. The Morgan fingerprint density at radius 2 is 1.62 bits per heavy atom. The van der Waals surface area contributed by atoms with Gasteiger partial charge in [0.1, 0.15) is 13.2 Å². The first kappa shape index (κ1) is 20.4. The van der Waals surface area contributed by atoms with Gasteiger partial charge in [-0.25, -0.2) is 4.79 Å². The van der Waals surface area contributed by atoms with E-state index in [1.807, 2.05) is 36.4 Å². The summed E-state index contributed by atoms with van der Waals surface area (Å²) in [6, 6.07) is 16.1. The highest BCUT2D eigenvalue weighted by molar-refractivity contribution is 5.81. The molecule has 0 unspecified atom stereocenters. The number of benzene rings is 2. The standard InChI is InChI=1S/C22H24N2O5/c1-2-20(25)24(13-21(26)27)12-11-23-22(28)29-14-19-17-9-5-3-7-15(17)16-8-4-6-10-18(16)19/h3-10,19H,2,11-14H2,1H3,(H,23,28)(H,26,27). The van der Waals surface area contributed by atoms with Crippen molar-refractivity contribution in [2.24, 2.45) is 0 Å². The molecule has 0 heterocycles. The maximum atomic E-state index is 12.1. The minimum Gasteiger partial charge on any atom is -0.480 e. The van der Waals surface area contributed by atoms with E-state index >= 15 is 0 Å². The quantitative estimate of drug-likeness (QED) is 0.715. The van der Waals surface area contributed by atoms with Gasteiger partial charge in [0.15, 0.2) is 0 Å². The number of nitrogens with zero attached hydrogens (tertiary/aromatic N) is 1. The zero-order chi connectivity index (χ0) is 20.8. The van der Waals surface area contributed by atoms with Crippen LogP contribution in [-0.2, 0) is 14.3 Å². The SMILES string of the molecule is CCC(=O)N(CCNC(=O)OCC1c2ccccc2-c2ccccc21)CC(=O)O. The van der Waals surface area contributed by atoms with E-state index in [1.54, 1.807) is 6.92 Å². The molecule has 2 amide bonds. The summed E-state index contributed by atoms with van der Waals surface area (Å²) >= 11 is 0. The second kappa shape index (κ2) is 9.23. The molecule has 1 aliphatic carbocycles. The number of hydrogen-bond donors (Lipinski definition) is 2. The first-order valence-electron chi connectivity index (χ1n) is 9.59. The van der Waals surface area contributed by atoms with E-state index in [4.69, 9.17) is 9.84 Å². The van der Waals surface area contributed by atoms with Crippen molar-refractivity contribution in [2.75, 3.05) is 26.2 Å². The lowest BCUT2D eigenvalue weighted by Crippen LogP contribution is -2.41. The van der Waals surface area contributed by atoms with Gasteiger partial charge in [-0.05, 0) is 22.3 Å². The molecule has 0 atom stereocenters. The smallest absolute Gasteiger partial charge is 0.407 e. The Morgan fingerprint density at radius 1 is 1.03 bits per heavy atom. The highest BCUT2D eigenvalue weighted by atomic mass is 16.5. The number of carbonyl (C=O) groups excluding carboxylic acids is 2. The monoisotopic (exact) mass is 396 g/mol. The van der Waals surface area contributed by atoms with Crippen LogP contribution >= 0.6 is 0 Å². The van der Waals surface area contributed by atoms with Crippen LogP contribution in [0.25, 0.3) is 11.1 Å². The van der Waals surface area contributed by atoms with Crippen LogP contribution in [0.15, 0.2) is 48.5 Å². The van der Waals surface area contributed by atoms with E-state index in [9.17, 15) is 14.4 Å². The van der Waals surface area contributed by atoms with E-state index in [0.29, 0.717) is 0 Å². The number of carboxylic acid groups (broad SMARTS) is 1. The van der Waals surface area contributed by atoms with Crippen LogP contribution in [0.2, 0.25) is 0 Å². The van der Waals surface area contributed by atoms with E-state index in [1.165, 1.54) is 4.90 Å². The summed E-state index contributed by atoms with van der Waals surface area (Å²) in [5.41, 5.74) is 4.56. The van der Waals surface area contributed by atoms with Crippen molar-refractivity contribution in [3.63, 3.8) is 0 Å². The number of rotatable bonds is 8. The van der Waals surface area contributed by atoms with Crippen molar-refractivity contribution < 1.29 is 24.2 Å². The number of aliphatic carboxylic acids is 1. The second-order valence-electron chi connectivity index (χ2n) is 6.81. The second-order valence-corrected chi connectivity index (χ2v) is 6.81. The molecule has 0 spiro atoms. The number of alkyl carbamates (subject to hydrolysis) is 1. The first-order chi connectivity index (χ1) is 14.0. The third-order valence-corrected chi connectivity index (χ3v) is 4.98. The number of amides is 2. The molecule has 29 heavy (non-hydrogen) atoms. The van der Waals surface area contributed by atoms with E-state index in [-0.39, 0.29) is 44.5 Å². The van der Waals surface area contributed by atoms with Gasteiger partial charge in [0, 0.05) is 25.4 Å². The zero-order valence-corrected chi connectivity index (χ0v) is 16.3. The summed E-state index contributed by atoms with van der Waals surface area (Å²) in [4.78, 5) is 36.0. The third kappa shape index (κ3) is 4.74. The Morgan fingerprint density at radius 3 is 2.17 bits per heavy atom. The topological polar surface area (TPSA) is 95.9 Å². The summed E-state index contributed by atoms with van der Waals surface area (Å²) < 4.78 is 5.42. The molecule has 0 fully saturated rings. The summed E-state index contributed by atoms with van der Waals surface area (Å²) in [5.74, 6) is -1.40. The third-order valence-electron chi connectivity index (χ3n) is 4.98. The maximum Gasteiger partial charge on any atom is 0.407 e. The molecule has 0 bridgehead atoms. The molecule has 7 nitrogen and oxygen atoms in total. The molecule has 0 radical (unpaired) electrons. The van der Waals surface area contributed by atoms with Crippen LogP contribution in [-0.4, -0.2) is 54.2 Å². The normalized spacial score (nSPS) is 12.0. The Labute approximate surface area is 169 Å². The van der Waals surface area contributed by atoms with Gasteiger partial charge >= 0.3 is 12.1 Å². The van der Waals surface area contributed by atoms with Gasteiger partial charge in [-0.15, -0.1) is 0 Å². The molecule has 7 heteroatoms. The molecule has 2 N–H and O–H groups in total. The van der Waals surface area contributed by atoms with Crippen molar-refractivity contribution in [3.8, 4) is 11.1 Å². The van der Waals surface area contributed by atoms with Crippen molar-refractivity contribution in [3.05, 3.63) is 59.7 Å². The Balaban J connectivity index is 1.55. The van der Waals surface area contributed by atoms with Gasteiger partial charge in [0.05, 0.1) is 0 Å². The Kier molecular flexibility index (Phi) is 6.49. The number of ether oxygens (including phenoxy) is 1. The number of hydrogen-bond acceptors (Lipinski definition) is 4. The summed E-state index contributed by atoms with van der Waals surface area (Å²) in [7, 11) is 0. The highest BCUT2D eigenvalue weighted by Gasteiger charge is 2.29. The minimum atomic E-state index is -1.09. The molecule has 1 aliphatic rings. The van der Waals surface area contributed by atoms with E-state index < -0.39 is 12.1 Å². The molecule has 0 saturated heterocycles. The van der Waals surface area contributed by atoms with E-state index in [0.717, 1.165) is 22.3 Å². The van der Waals surface area contributed by atoms with Crippen molar-refractivity contribution >= 4 is 18.0 Å². The molecule has 2 aromatic carbocycles. The average Bonchev–Trinajstić information content (AvgIpc) is 3.04. The molecule has 3 rings (SSSR count). The van der Waals surface area contributed by atoms with Crippen molar-refractivity contribution in [1.29, 1.82) is 0 Å². The fraction of sp³-hybridized carbons (Fsp3) is 0.318. The fourth-order valence-corrected chi connectivity index (χ4v) is 3.62. The fourth-order valence-electron chi connectivity index (χ4n) is 3.62. The van der Waals surface area contributed by atoms with Crippen LogP contribution in [0.3, 0.4) is 0 Å². The molecular formula is C22H24N2O5. The number of carbonyl (C=O) groups is 3. The Bertz CT molecular complexity index is 866. The Hall–Kier alpha value is -3.35. The molecule has 0 saturated carbocycles. The molecule has 0 aliphatic heterocycles. The number of nitrogens with one attached hydrogen (secondary N) is 1. The van der Waals surface area contributed by atoms with Gasteiger partial charge in [-0.1, -0.05) is 55.5 Å². The minimum absolute atomic E-state index is 0.0293. The summed E-state index contributed by atoms with van der Waals surface area (Å²) in [6.45, 7) is 1.71. The lowest BCUT2D eigenvalue weighted by Gasteiger charge is -2.20. The predicted octanol–water partition coefficient (Wildman–Crippen LogP) is 2.85. The van der Waals surface area contributed by atoms with Gasteiger partial charge < -0.3 is 20.1 Å². The van der Waals surface area contributed by atoms with Crippen LogP contribution in [0.1, 0.15) is 30.4 Å². The molecule has 0 aromatic heterocycles. The van der Waals surface area contributed by atoms with E-state index in [2.05, 4.69) is 17.4 Å². The van der Waals surface area contributed by atoms with Gasteiger partial charge in [-0.3, -0.25) is 9.59 Å². The lowest BCUT2D eigenvalue weighted by molar-refractivity contribution is -0.144. The van der Waals surface area contributed by atoms with Gasteiger partial charge in [0.2, 0.25) is 5.91 Å². The van der Waals surface area contributed by atoms with Gasteiger partial charge in [0.25, 0.3) is 0 Å². The summed E-state index contributed by atoms with van der Waals surface area (Å²) in [6.07, 6.45) is -0.385. The maximum absolute atomic E-state index is 12.1. The van der Waals surface area contributed by atoms with Crippen molar-refractivity contribution in [1.82, 2.24) is 10.2 Å². The predicted molar refractivity (Wildman–Crippen MR) is 108 cm³/mol. The first-order valence-corrected chi connectivity index (χ1v) is 9.59. The van der Waals surface area contributed by atoms with Crippen LogP contribution in [0, 0.1) is 0 Å². The number of fused-ring (bicyclic) bond motifs is 3. The number of carboxylic acids is 1. The van der Waals surface area contributed by atoms with Crippen LogP contribution < -0.4 is 5.32 Å². The van der Waals surface area contributed by atoms with Gasteiger partial charge in [-0.2, -0.15) is 0 Å². The van der Waals surface area contributed by atoms with Crippen molar-refractivity contribution in [2.45, 2.75) is 19.3 Å². The molecule has 2 aromatic rings. The van der Waals surface area contributed by atoms with Crippen LogP contribution in [0.4, 0.5) is 4.79 Å². The molecular weight excluding hydrogens is 372 g/mol. The highest BCUT2D eigenvalue weighted by Crippen LogP contribution is 2.44. The molecule has 152 valence electrons. The van der Waals surface area contributed by atoms with Crippen LogP contribution in [0.5, 0.6) is 0 Å². The average molecular weight is 396 g/mol. The largest absolute Gasteiger partial charge is 0.480 e.